The molecular weight excluding hydrogens is 366 g/mol. The van der Waals surface area contributed by atoms with Gasteiger partial charge >= 0.3 is 21.7 Å². The summed E-state index contributed by atoms with van der Waals surface area (Å²) < 4.78 is 0. The maximum absolute atomic E-state index is 6.94. The van der Waals surface area contributed by atoms with E-state index in [1.54, 1.807) is 0 Å². The van der Waals surface area contributed by atoms with Crippen molar-refractivity contribution >= 4 is 21.7 Å². The van der Waals surface area contributed by atoms with Crippen LogP contribution in [0.15, 0.2) is 60.2 Å². The Labute approximate surface area is 183 Å². The first-order valence-corrected chi connectivity index (χ1v) is 7.76. The third kappa shape index (κ3) is 23.2. The maximum atomic E-state index is 6.94. The van der Waals surface area contributed by atoms with E-state index in [1.807, 2.05) is 39.8 Å². The summed E-state index contributed by atoms with van der Waals surface area (Å²) in [6, 6.07) is 12.8. The molecule has 0 bridgehead atoms. The summed E-state index contributed by atoms with van der Waals surface area (Å²) in [5.41, 5.74) is 9.38. The zero-order valence-electron chi connectivity index (χ0n) is 18.2. The summed E-state index contributed by atoms with van der Waals surface area (Å²) in [5, 5.41) is 2.69. The molecule has 0 aliphatic heterocycles. The van der Waals surface area contributed by atoms with Crippen molar-refractivity contribution in [3.05, 3.63) is 86.3 Å². The summed E-state index contributed by atoms with van der Waals surface area (Å²) in [6.07, 6.45) is 6.14. The van der Waals surface area contributed by atoms with Crippen molar-refractivity contribution in [2.24, 2.45) is 0 Å². The fourth-order valence-electron chi connectivity index (χ4n) is 1.59. The first-order chi connectivity index (χ1) is 10.1. The summed E-state index contributed by atoms with van der Waals surface area (Å²) in [7, 11) is 0. The van der Waals surface area contributed by atoms with Gasteiger partial charge in [0.2, 0.25) is 0 Å². The Bertz CT molecular complexity index is 561. The zero-order chi connectivity index (χ0) is 17.2. The van der Waals surface area contributed by atoms with Gasteiger partial charge in [0.15, 0.2) is 0 Å². The summed E-state index contributed by atoms with van der Waals surface area (Å²) in [5.74, 6) is 0. The van der Waals surface area contributed by atoms with E-state index in [2.05, 4.69) is 63.2 Å². The van der Waals surface area contributed by atoms with Crippen LogP contribution in [-0.4, -0.2) is 16.5 Å². The van der Waals surface area contributed by atoms with Crippen LogP contribution in [0.4, 0.5) is 0 Å². The summed E-state index contributed by atoms with van der Waals surface area (Å²) in [4.78, 5) is 0. The number of benzene rings is 1. The zero-order valence-corrected chi connectivity index (χ0v) is 20.8. The van der Waals surface area contributed by atoms with Crippen molar-refractivity contribution in [2.45, 2.75) is 54.0 Å². The number of fused-ring (bicyclic) bond motifs is 1. The number of hydrogen-bond donors (Lipinski definition) is 0. The molecule has 0 unspecified atom stereocenters. The molecule has 0 fully saturated rings. The van der Waals surface area contributed by atoms with Crippen LogP contribution in [0.1, 0.15) is 47.1 Å². The molecule has 0 atom stereocenters. The van der Waals surface area contributed by atoms with E-state index >= 15 is 0 Å². The van der Waals surface area contributed by atoms with Gasteiger partial charge in [0, 0.05) is 11.0 Å². The monoisotopic (exact) mass is 403 g/mol. The van der Waals surface area contributed by atoms with E-state index < -0.39 is 0 Å². The van der Waals surface area contributed by atoms with Gasteiger partial charge in [-0.1, -0.05) is 57.6 Å². The average molecular weight is 404 g/mol. The molecule has 2 aromatic carbocycles. The van der Waals surface area contributed by atoms with Gasteiger partial charge in [-0.2, -0.15) is 6.07 Å². The first kappa shape index (κ1) is 36.2. The molecule has 142 valence electrons. The molecule has 3 heteroatoms. The van der Waals surface area contributed by atoms with Crippen LogP contribution in [0.2, 0.25) is 0 Å². The van der Waals surface area contributed by atoms with Crippen LogP contribution in [0.5, 0.6) is 0 Å². The second kappa shape index (κ2) is 19.0. The molecular formula is C23H37NSiTi. The largest absolute Gasteiger partial charge is 4.00 e. The fraction of sp³-hybridized carbons (Fsp3) is 0.348. The van der Waals surface area contributed by atoms with Crippen molar-refractivity contribution in [1.29, 1.82) is 0 Å². The minimum atomic E-state index is -0.250. The Hall–Kier alpha value is -0.799. The van der Waals surface area contributed by atoms with Gasteiger partial charge in [-0.25, -0.2) is 0 Å². The standard InChI is InChI=1S/C10H9.C7H12.C4H10N.2CH3.Si.Ti/c1-8-6-9-4-2-3-5-10(9)7-8;1-4-5-6-7(2)3;1-4(2,3)5;;;;/h2-7H,1H3;4-6H,1-3H3;5H,1-3H3;2*1H3;;/q-1;;3*-1;;+4. The number of allylic oxidation sites excluding steroid dienone is 4. The second-order valence-electron chi connectivity index (χ2n) is 6.68. The van der Waals surface area contributed by atoms with Crippen LogP contribution in [0.3, 0.4) is 0 Å². The molecule has 4 radical (unpaired) electrons. The molecule has 0 aliphatic rings. The van der Waals surface area contributed by atoms with Gasteiger partial charge in [-0.05, 0) is 20.8 Å². The quantitative estimate of drug-likeness (QED) is 0.264. The fourth-order valence-corrected chi connectivity index (χ4v) is 1.59. The van der Waals surface area contributed by atoms with Gasteiger partial charge < -0.3 is 20.6 Å². The molecule has 26 heavy (non-hydrogen) atoms. The normalized spacial score (nSPS) is 8.92. The Kier molecular flexibility index (Phi) is 26.4. The topological polar surface area (TPSA) is 23.8 Å². The minimum absolute atomic E-state index is 0. The third-order valence-electron chi connectivity index (χ3n) is 2.38. The predicted molar refractivity (Wildman–Crippen MR) is 121 cm³/mol. The van der Waals surface area contributed by atoms with Gasteiger partial charge in [0.05, 0.1) is 0 Å². The van der Waals surface area contributed by atoms with Crippen molar-refractivity contribution in [3.63, 3.8) is 0 Å². The van der Waals surface area contributed by atoms with E-state index in [9.17, 15) is 0 Å². The first-order valence-electron chi connectivity index (χ1n) is 7.76. The molecule has 2 aromatic rings. The molecule has 1 nitrogen and oxygen atoms in total. The van der Waals surface area contributed by atoms with Crippen LogP contribution in [0.25, 0.3) is 16.5 Å². The average Bonchev–Trinajstić information content (AvgIpc) is 2.75. The van der Waals surface area contributed by atoms with E-state index in [0.717, 1.165) is 0 Å². The van der Waals surface area contributed by atoms with Gasteiger partial charge in [-0.15, -0.1) is 46.1 Å². The summed E-state index contributed by atoms with van der Waals surface area (Å²) >= 11 is 0. The number of nitrogens with one attached hydrogen (secondary N) is 1. The number of aryl methyl sites for hydroxylation is 1. The van der Waals surface area contributed by atoms with Crippen molar-refractivity contribution < 1.29 is 21.7 Å². The van der Waals surface area contributed by atoms with E-state index in [1.165, 1.54) is 21.9 Å². The van der Waals surface area contributed by atoms with Crippen molar-refractivity contribution in [2.75, 3.05) is 0 Å². The second-order valence-corrected chi connectivity index (χ2v) is 6.68. The SMILES string of the molecule is CC(C)(C)[NH-].CC=CC=C(C)C.Cc1cc2ccccc2[cH-]1.[CH3-].[CH3-].[Si].[Ti+4]. The van der Waals surface area contributed by atoms with Crippen LogP contribution < -0.4 is 0 Å². The Morgan fingerprint density at radius 1 is 1.08 bits per heavy atom. The van der Waals surface area contributed by atoms with E-state index in [-0.39, 0.29) is 53.1 Å². The predicted octanol–water partition coefficient (Wildman–Crippen LogP) is 7.75. The number of rotatable bonds is 1. The molecule has 0 saturated heterocycles. The summed E-state index contributed by atoms with van der Waals surface area (Å²) in [6.45, 7) is 13.9. The molecule has 1 N–H and O–H groups in total. The number of hydrogen-bond acceptors (Lipinski definition) is 0. The molecule has 2 rings (SSSR count). The molecule has 0 amide bonds. The van der Waals surface area contributed by atoms with Crippen LogP contribution >= 0.6 is 0 Å². The Balaban J connectivity index is -0.0000000836. The molecule has 0 spiro atoms. The smallest absolute Gasteiger partial charge is 0.673 e. The Morgan fingerprint density at radius 3 is 1.88 bits per heavy atom. The maximum Gasteiger partial charge on any atom is 4.00 e. The third-order valence-corrected chi connectivity index (χ3v) is 2.38. The minimum Gasteiger partial charge on any atom is -0.673 e. The van der Waals surface area contributed by atoms with Crippen molar-refractivity contribution in [1.82, 2.24) is 0 Å². The van der Waals surface area contributed by atoms with E-state index in [4.69, 9.17) is 5.73 Å². The van der Waals surface area contributed by atoms with Gasteiger partial charge in [0.1, 0.15) is 0 Å². The van der Waals surface area contributed by atoms with Gasteiger partial charge in [-0.3, -0.25) is 0 Å². The molecule has 0 aliphatic carbocycles. The Morgan fingerprint density at radius 2 is 1.54 bits per heavy atom. The van der Waals surface area contributed by atoms with E-state index in [0.29, 0.717) is 0 Å². The molecule has 0 heterocycles. The van der Waals surface area contributed by atoms with Gasteiger partial charge in [0.25, 0.3) is 0 Å². The molecule has 0 saturated carbocycles. The molecule has 0 aromatic heterocycles. The van der Waals surface area contributed by atoms with Crippen molar-refractivity contribution in [3.8, 4) is 0 Å². The van der Waals surface area contributed by atoms with Crippen LogP contribution in [0, 0.1) is 21.8 Å². The van der Waals surface area contributed by atoms with Crippen LogP contribution in [-0.2, 0) is 21.7 Å².